The van der Waals surface area contributed by atoms with E-state index in [9.17, 15) is 0 Å². The highest BCUT2D eigenvalue weighted by Gasteiger charge is 2.11. The summed E-state index contributed by atoms with van der Waals surface area (Å²) in [5, 5.41) is 0. The summed E-state index contributed by atoms with van der Waals surface area (Å²) in [7, 11) is 0. The highest BCUT2D eigenvalue weighted by Crippen LogP contribution is 2.25. The molecule has 1 heterocycles. The van der Waals surface area contributed by atoms with E-state index < -0.39 is 0 Å². The lowest BCUT2D eigenvalue weighted by Crippen LogP contribution is -2.02. The molecule has 0 amide bonds. The molecule has 2 nitrogen and oxygen atoms in total. The van der Waals surface area contributed by atoms with Gasteiger partial charge >= 0.3 is 0 Å². The predicted molar refractivity (Wildman–Crippen MR) is 73.1 cm³/mol. The fourth-order valence-electron chi connectivity index (χ4n) is 2.30. The average molecular weight is 234 g/mol. The molecular formula is C15H26N2. The lowest BCUT2D eigenvalue weighted by atomic mass is 9.93. The Morgan fingerprint density at radius 3 is 2.41 bits per heavy atom. The summed E-state index contributed by atoms with van der Waals surface area (Å²) >= 11 is 0. The van der Waals surface area contributed by atoms with Crippen molar-refractivity contribution in [2.75, 3.05) is 0 Å². The monoisotopic (exact) mass is 234 g/mol. The summed E-state index contributed by atoms with van der Waals surface area (Å²) < 4.78 is 0. The second-order valence-electron chi connectivity index (χ2n) is 4.82. The van der Waals surface area contributed by atoms with Crippen molar-refractivity contribution in [1.82, 2.24) is 9.97 Å². The van der Waals surface area contributed by atoms with Crippen LogP contribution in [0.4, 0.5) is 0 Å². The minimum Gasteiger partial charge on any atom is -0.261 e. The van der Waals surface area contributed by atoms with E-state index in [1.807, 2.05) is 12.4 Å². The highest BCUT2D eigenvalue weighted by molar-refractivity contribution is 5.02. The van der Waals surface area contributed by atoms with Gasteiger partial charge in [0.25, 0.3) is 0 Å². The standard InChI is InChI=1S/C15H26N2/c1-3-5-6-7-8-10-14(9-4-2)15-13-16-11-12-17-15/h11-14H,3-10H2,1-2H3. The van der Waals surface area contributed by atoms with Crippen LogP contribution in [0.3, 0.4) is 0 Å². The van der Waals surface area contributed by atoms with E-state index in [2.05, 4.69) is 23.8 Å². The van der Waals surface area contributed by atoms with E-state index in [1.54, 1.807) is 6.20 Å². The molecule has 1 atom stereocenters. The van der Waals surface area contributed by atoms with Crippen LogP contribution in [-0.2, 0) is 0 Å². The summed E-state index contributed by atoms with van der Waals surface area (Å²) in [6.07, 6.45) is 16.0. The summed E-state index contributed by atoms with van der Waals surface area (Å²) in [6.45, 7) is 4.51. The Bertz CT molecular complexity index is 272. The molecule has 17 heavy (non-hydrogen) atoms. The number of rotatable bonds is 9. The molecule has 0 aliphatic rings. The van der Waals surface area contributed by atoms with Gasteiger partial charge in [0.05, 0.1) is 5.69 Å². The highest BCUT2D eigenvalue weighted by atomic mass is 14.8. The Labute approximate surface area is 106 Å². The van der Waals surface area contributed by atoms with E-state index in [-0.39, 0.29) is 0 Å². The molecule has 0 spiro atoms. The maximum Gasteiger partial charge on any atom is 0.0617 e. The first-order valence-corrected chi connectivity index (χ1v) is 7.14. The Morgan fingerprint density at radius 2 is 1.76 bits per heavy atom. The average Bonchev–Trinajstić information content (AvgIpc) is 2.38. The maximum atomic E-state index is 4.45. The molecule has 1 unspecified atom stereocenters. The molecule has 0 radical (unpaired) electrons. The molecule has 96 valence electrons. The molecule has 1 aromatic heterocycles. The minimum atomic E-state index is 0.621. The van der Waals surface area contributed by atoms with E-state index in [0.29, 0.717) is 5.92 Å². The Morgan fingerprint density at radius 1 is 0.941 bits per heavy atom. The zero-order valence-electron chi connectivity index (χ0n) is 11.4. The van der Waals surface area contributed by atoms with Crippen molar-refractivity contribution in [1.29, 1.82) is 0 Å². The summed E-state index contributed by atoms with van der Waals surface area (Å²) in [5.41, 5.74) is 1.19. The van der Waals surface area contributed by atoms with Crippen LogP contribution in [0.15, 0.2) is 18.6 Å². The van der Waals surface area contributed by atoms with Crippen LogP contribution in [0.1, 0.15) is 76.8 Å². The lowest BCUT2D eigenvalue weighted by Gasteiger charge is -2.14. The van der Waals surface area contributed by atoms with Gasteiger partial charge in [0.2, 0.25) is 0 Å². The first kappa shape index (κ1) is 14.1. The first-order chi connectivity index (χ1) is 8.38. The van der Waals surface area contributed by atoms with E-state index in [4.69, 9.17) is 0 Å². The van der Waals surface area contributed by atoms with Crippen LogP contribution < -0.4 is 0 Å². The third-order valence-corrected chi connectivity index (χ3v) is 3.29. The Hall–Kier alpha value is -0.920. The van der Waals surface area contributed by atoms with Crippen molar-refractivity contribution < 1.29 is 0 Å². The quantitative estimate of drug-likeness (QED) is 0.578. The molecule has 1 rings (SSSR count). The van der Waals surface area contributed by atoms with Crippen molar-refractivity contribution in [3.63, 3.8) is 0 Å². The smallest absolute Gasteiger partial charge is 0.0617 e. The van der Waals surface area contributed by atoms with E-state index in [1.165, 1.54) is 57.1 Å². The molecule has 0 bridgehead atoms. The van der Waals surface area contributed by atoms with Gasteiger partial charge in [-0.2, -0.15) is 0 Å². The van der Waals surface area contributed by atoms with Crippen molar-refractivity contribution >= 4 is 0 Å². The summed E-state index contributed by atoms with van der Waals surface area (Å²) in [5.74, 6) is 0.621. The fraction of sp³-hybridized carbons (Fsp3) is 0.733. The van der Waals surface area contributed by atoms with Gasteiger partial charge in [-0.3, -0.25) is 9.97 Å². The van der Waals surface area contributed by atoms with Crippen LogP contribution in [0, 0.1) is 0 Å². The van der Waals surface area contributed by atoms with Crippen LogP contribution >= 0.6 is 0 Å². The van der Waals surface area contributed by atoms with Gasteiger partial charge in [-0.15, -0.1) is 0 Å². The number of hydrogen-bond acceptors (Lipinski definition) is 2. The lowest BCUT2D eigenvalue weighted by molar-refractivity contribution is 0.506. The van der Waals surface area contributed by atoms with Gasteiger partial charge in [0.1, 0.15) is 0 Å². The zero-order valence-corrected chi connectivity index (χ0v) is 11.4. The molecule has 1 aromatic rings. The molecule has 0 saturated heterocycles. The third-order valence-electron chi connectivity index (χ3n) is 3.29. The molecule has 0 saturated carbocycles. The second kappa shape index (κ2) is 9.15. The largest absolute Gasteiger partial charge is 0.261 e. The Balaban J connectivity index is 2.33. The van der Waals surface area contributed by atoms with Gasteiger partial charge in [-0.05, 0) is 12.8 Å². The van der Waals surface area contributed by atoms with Crippen LogP contribution in [0.2, 0.25) is 0 Å². The first-order valence-electron chi connectivity index (χ1n) is 7.14. The number of hydrogen-bond donors (Lipinski definition) is 0. The van der Waals surface area contributed by atoms with Crippen LogP contribution in [0.5, 0.6) is 0 Å². The fourth-order valence-corrected chi connectivity index (χ4v) is 2.30. The van der Waals surface area contributed by atoms with Gasteiger partial charge in [0, 0.05) is 24.5 Å². The van der Waals surface area contributed by atoms with Gasteiger partial charge in [-0.25, -0.2) is 0 Å². The summed E-state index contributed by atoms with van der Waals surface area (Å²) in [6, 6.07) is 0. The van der Waals surface area contributed by atoms with Crippen LogP contribution in [0.25, 0.3) is 0 Å². The normalized spacial score (nSPS) is 12.6. The van der Waals surface area contributed by atoms with E-state index >= 15 is 0 Å². The predicted octanol–water partition coefficient (Wildman–Crippen LogP) is 4.72. The number of aromatic nitrogens is 2. The van der Waals surface area contributed by atoms with Crippen molar-refractivity contribution in [2.24, 2.45) is 0 Å². The second-order valence-corrected chi connectivity index (χ2v) is 4.82. The van der Waals surface area contributed by atoms with Crippen molar-refractivity contribution in [2.45, 2.75) is 71.1 Å². The topological polar surface area (TPSA) is 25.8 Å². The van der Waals surface area contributed by atoms with Gasteiger partial charge in [0.15, 0.2) is 0 Å². The van der Waals surface area contributed by atoms with Gasteiger partial charge in [-0.1, -0.05) is 52.4 Å². The molecule has 0 N–H and O–H groups in total. The van der Waals surface area contributed by atoms with Crippen LogP contribution in [-0.4, -0.2) is 9.97 Å². The molecule has 2 heteroatoms. The molecular weight excluding hydrogens is 208 g/mol. The summed E-state index contributed by atoms with van der Waals surface area (Å²) in [4.78, 5) is 8.63. The van der Waals surface area contributed by atoms with Crippen molar-refractivity contribution in [3.8, 4) is 0 Å². The third kappa shape index (κ3) is 5.81. The minimum absolute atomic E-state index is 0.621. The maximum absolute atomic E-state index is 4.45. The molecule has 0 fully saturated rings. The number of nitrogens with zero attached hydrogens (tertiary/aromatic N) is 2. The molecule has 0 aliphatic carbocycles. The Kier molecular flexibility index (Phi) is 7.61. The number of unbranched alkanes of at least 4 members (excludes halogenated alkanes) is 4. The van der Waals surface area contributed by atoms with Crippen molar-refractivity contribution in [3.05, 3.63) is 24.3 Å². The zero-order chi connectivity index (χ0) is 12.3. The van der Waals surface area contributed by atoms with Gasteiger partial charge < -0.3 is 0 Å². The SMILES string of the molecule is CCCCCCCC(CCC)c1cnccn1. The molecule has 0 aromatic carbocycles. The van der Waals surface area contributed by atoms with E-state index in [0.717, 1.165) is 0 Å². The molecule has 0 aliphatic heterocycles.